The number of nitrogens with zero attached hydrogens (tertiary/aromatic N) is 3. The van der Waals surface area contributed by atoms with Gasteiger partial charge in [-0.05, 0) is 44.9 Å². The van der Waals surface area contributed by atoms with E-state index < -0.39 is 0 Å². The van der Waals surface area contributed by atoms with Crippen molar-refractivity contribution >= 4 is 35.8 Å². The standard InChI is InChI=1S/C21H34N4O.HI/c1-8-22-19(25-15-20(2,3)21(25,4)5)23-13-12-16-10-9-11-17(14-16)18(26)24(6)7;/h9-11,14H,8,12-13,15H2,1-7H3,(H,22,23);1H. The first kappa shape index (κ1) is 23.7. The highest BCUT2D eigenvalue weighted by Crippen LogP contribution is 2.46. The lowest BCUT2D eigenvalue weighted by atomic mass is 9.65. The topological polar surface area (TPSA) is 47.9 Å². The Morgan fingerprint density at radius 2 is 1.93 bits per heavy atom. The van der Waals surface area contributed by atoms with E-state index in [4.69, 9.17) is 4.99 Å². The van der Waals surface area contributed by atoms with Gasteiger partial charge >= 0.3 is 0 Å². The van der Waals surface area contributed by atoms with Gasteiger partial charge in [-0.1, -0.05) is 26.0 Å². The summed E-state index contributed by atoms with van der Waals surface area (Å²) in [4.78, 5) is 20.9. The Morgan fingerprint density at radius 3 is 2.44 bits per heavy atom. The molecule has 1 amide bonds. The van der Waals surface area contributed by atoms with Crippen LogP contribution in [0.15, 0.2) is 29.3 Å². The van der Waals surface area contributed by atoms with Gasteiger partial charge in [-0.25, -0.2) is 0 Å². The zero-order chi connectivity index (χ0) is 19.5. The number of halogens is 1. The monoisotopic (exact) mass is 486 g/mol. The second-order valence-electron chi connectivity index (χ2n) is 8.41. The van der Waals surface area contributed by atoms with Crippen LogP contribution in [-0.4, -0.2) is 60.9 Å². The second-order valence-corrected chi connectivity index (χ2v) is 8.41. The van der Waals surface area contributed by atoms with E-state index in [1.807, 2.05) is 18.2 Å². The number of rotatable bonds is 5. The summed E-state index contributed by atoms with van der Waals surface area (Å²) < 4.78 is 0. The summed E-state index contributed by atoms with van der Waals surface area (Å²) in [6.07, 6.45) is 0.821. The minimum Gasteiger partial charge on any atom is -0.356 e. The lowest BCUT2D eigenvalue weighted by Crippen LogP contribution is -2.72. The summed E-state index contributed by atoms with van der Waals surface area (Å²) in [7, 11) is 3.55. The van der Waals surface area contributed by atoms with Crippen LogP contribution in [0, 0.1) is 5.41 Å². The summed E-state index contributed by atoms with van der Waals surface area (Å²) in [5.74, 6) is 1.02. The number of hydrogen-bond donors (Lipinski definition) is 1. The molecule has 1 saturated heterocycles. The van der Waals surface area contributed by atoms with Crippen molar-refractivity contribution in [2.45, 2.75) is 46.6 Å². The third-order valence-electron chi connectivity index (χ3n) is 5.72. The van der Waals surface area contributed by atoms with Gasteiger partial charge in [0.1, 0.15) is 0 Å². The van der Waals surface area contributed by atoms with Crippen molar-refractivity contribution in [1.82, 2.24) is 15.1 Å². The molecule has 0 saturated carbocycles. The van der Waals surface area contributed by atoms with Crippen LogP contribution in [0.1, 0.15) is 50.5 Å². The molecule has 0 aliphatic carbocycles. The molecule has 1 aromatic rings. The minimum absolute atomic E-state index is 0. The number of aliphatic imine (C=N–C) groups is 1. The van der Waals surface area contributed by atoms with E-state index in [1.165, 1.54) is 0 Å². The van der Waals surface area contributed by atoms with Crippen molar-refractivity contribution < 1.29 is 4.79 Å². The Hall–Kier alpha value is -1.31. The van der Waals surface area contributed by atoms with E-state index >= 15 is 0 Å². The number of carbonyl (C=O) groups excluding carboxylic acids is 1. The van der Waals surface area contributed by atoms with Crippen LogP contribution in [0.3, 0.4) is 0 Å². The van der Waals surface area contributed by atoms with E-state index in [-0.39, 0.29) is 40.8 Å². The van der Waals surface area contributed by atoms with Gasteiger partial charge in [-0.15, -0.1) is 24.0 Å². The molecule has 2 rings (SSSR count). The third kappa shape index (κ3) is 5.15. The van der Waals surface area contributed by atoms with Crippen LogP contribution in [0.2, 0.25) is 0 Å². The number of hydrogen-bond acceptors (Lipinski definition) is 2. The predicted octanol–water partition coefficient (Wildman–Crippen LogP) is 3.63. The van der Waals surface area contributed by atoms with Crippen molar-refractivity contribution in [2.75, 3.05) is 33.7 Å². The van der Waals surface area contributed by atoms with Crippen LogP contribution in [0.25, 0.3) is 0 Å². The summed E-state index contributed by atoms with van der Waals surface area (Å²) >= 11 is 0. The van der Waals surface area contributed by atoms with Crippen molar-refractivity contribution in [1.29, 1.82) is 0 Å². The molecule has 1 aromatic carbocycles. The van der Waals surface area contributed by atoms with E-state index in [0.29, 0.717) is 6.54 Å². The maximum atomic E-state index is 12.1. The van der Waals surface area contributed by atoms with Gasteiger partial charge in [0.25, 0.3) is 5.91 Å². The highest BCUT2D eigenvalue weighted by atomic mass is 127. The zero-order valence-electron chi connectivity index (χ0n) is 17.8. The van der Waals surface area contributed by atoms with Crippen LogP contribution >= 0.6 is 24.0 Å². The van der Waals surface area contributed by atoms with Gasteiger partial charge in [-0.2, -0.15) is 0 Å². The van der Waals surface area contributed by atoms with Crippen molar-refractivity contribution in [2.24, 2.45) is 10.4 Å². The third-order valence-corrected chi connectivity index (χ3v) is 5.72. The zero-order valence-corrected chi connectivity index (χ0v) is 20.1. The molecule has 5 nitrogen and oxygen atoms in total. The molecule has 0 aromatic heterocycles. The first-order valence-electron chi connectivity index (χ1n) is 9.46. The lowest BCUT2D eigenvalue weighted by Gasteiger charge is -2.62. The summed E-state index contributed by atoms with van der Waals surface area (Å²) in [5, 5.41) is 3.42. The first-order valence-corrected chi connectivity index (χ1v) is 9.46. The molecule has 1 heterocycles. The van der Waals surface area contributed by atoms with E-state index in [9.17, 15) is 4.79 Å². The quantitative estimate of drug-likeness (QED) is 0.393. The van der Waals surface area contributed by atoms with Crippen LogP contribution in [0.5, 0.6) is 0 Å². The number of likely N-dealkylation sites (tertiary alicyclic amines) is 1. The number of amides is 1. The van der Waals surface area contributed by atoms with E-state index in [1.54, 1.807) is 19.0 Å². The average molecular weight is 486 g/mol. The van der Waals surface area contributed by atoms with Gasteiger partial charge in [0.15, 0.2) is 5.96 Å². The molecule has 27 heavy (non-hydrogen) atoms. The van der Waals surface area contributed by atoms with Gasteiger partial charge in [0, 0.05) is 50.2 Å². The smallest absolute Gasteiger partial charge is 0.253 e. The van der Waals surface area contributed by atoms with E-state index in [2.05, 4.69) is 50.9 Å². The average Bonchev–Trinajstić information content (AvgIpc) is 2.58. The van der Waals surface area contributed by atoms with Crippen LogP contribution in [0.4, 0.5) is 0 Å². The molecule has 0 radical (unpaired) electrons. The summed E-state index contributed by atoms with van der Waals surface area (Å²) in [6.45, 7) is 13.8. The molecule has 1 aliphatic heterocycles. The fourth-order valence-corrected chi connectivity index (χ4v) is 3.20. The van der Waals surface area contributed by atoms with Gasteiger partial charge in [0.05, 0.1) is 0 Å². The number of guanidine groups is 1. The van der Waals surface area contributed by atoms with Crippen LogP contribution in [-0.2, 0) is 6.42 Å². The Morgan fingerprint density at radius 1 is 1.26 bits per heavy atom. The highest BCUT2D eigenvalue weighted by Gasteiger charge is 2.53. The van der Waals surface area contributed by atoms with Gasteiger partial charge < -0.3 is 15.1 Å². The molecule has 0 atom stereocenters. The maximum absolute atomic E-state index is 12.1. The molecule has 1 fully saturated rings. The molecule has 1 N–H and O–H groups in total. The molecular weight excluding hydrogens is 451 g/mol. The number of carbonyl (C=O) groups is 1. The Kier molecular flexibility index (Phi) is 8.14. The summed E-state index contributed by atoms with van der Waals surface area (Å²) in [6, 6.07) is 7.85. The predicted molar refractivity (Wildman–Crippen MR) is 124 cm³/mol. The van der Waals surface area contributed by atoms with Crippen molar-refractivity contribution in [3.8, 4) is 0 Å². The largest absolute Gasteiger partial charge is 0.356 e. The van der Waals surface area contributed by atoms with Crippen molar-refractivity contribution in [3.05, 3.63) is 35.4 Å². The maximum Gasteiger partial charge on any atom is 0.253 e. The molecule has 152 valence electrons. The number of nitrogens with one attached hydrogen (secondary N) is 1. The molecule has 1 aliphatic rings. The van der Waals surface area contributed by atoms with Crippen LogP contribution < -0.4 is 5.32 Å². The molecular formula is C21H35IN4O. The lowest BCUT2D eigenvalue weighted by molar-refractivity contribution is -0.0667. The van der Waals surface area contributed by atoms with Gasteiger partial charge in [-0.3, -0.25) is 9.79 Å². The van der Waals surface area contributed by atoms with Crippen molar-refractivity contribution in [3.63, 3.8) is 0 Å². The SMILES string of the molecule is CCNC(=NCCc1cccc(C(=O)N(C)C)c1)N1CC(C)(C)C1(C)C.I. The normalized spacial score (nSPS) is 17.6. The Balaban J connectivity index is 0.00000364. The Labute approximate surface area is 181 Å². The number of benzene rings is 1. The molecule has 0 spiro atoms. The summed E-state index contributed by atoms with van der Waals surface area (Å²) in [5.41, 5.74) is 2.24. The molecule has 0 unspecified atom stereocenters. The minimum atomic E-state index is 0. The Bertz CT molecular complexity index is 683. The fraction of sp³-hybridized carbons (Fsp3) is 0.619. The first-order chi connectivity index (χ1) is 12.1. The van der Waals surface area contributed by atoms with E-state index in [0.717, 1.165) is 36.6 Å². The van der Waals surface area contributed by atoms with Gasteiger partial charge in [0.2, 0.25) is 0 Å². The highest BCUT2D eigenvalue weighted by molar-refractivity contribution is 14.0. The molecule has 6 heteroatoms. The second kappa shape index (κ2) is 9.26. The molecule has 0 bridgehead atoms. The fourth-order valence-electron chi connectivity index (χ4n) is 3.20.